The summed E-state index contributed by atoms with van der Waals surface area (Å²) in [5, 5.41) is 3.92. The molecule has 0 atom stereocenters. The van der Waals surface area contributed by atoms with Crippen LogP contribution < -0.4 is 14.9 Å². The van der Waals surface area contributed by atoms with Crippen molar-refractivity contribution >= 4 is 28.1 Å². The Kier molecular flexibility index (Phi) is 6.37. The Morgan fingerprint density at radius 3 is 2.75 bits per heavy atom. The topological polar surface area (TPSA) is 59.9 Å². The molecular weight excluding hydrogens is 372 g/mol. The van der Waals surface area contributed by atoms with Crippen molar-refractivity contribution in [2.75, 3.05) is 13.7 Å². The van der Waals surface area contributed by atoms with Gasteiger partial charge in [-0.15, -0.1) is 0 Å². The van der Waals surface area contributed by atoms with Crippen LogP contribution in [0.15, 0.2) is 46.0 Å². The number of ether oxygens (including phenoxy) is 2. The molecule has 0 aromatic heterocycles. The van der Waals surface area contributed by atoms with E-state index in [1.165, 1.54) is 0 Å². The van der Waals surface area contributed by atoms with E-state index in [0.717, 1.165) is 26.9 Å². The zero-order chi connectivity index (χ0) is 17.5. The molecule has 0 spiro atoms. The summed E-state index contributed by atoms with van der Waals surface area (Å²) in [6.07, 6.45) is 1.56. The number of carbonyl (C=O) groups is 1. The van der Waals surface area contributed by atoms with E-state index in [1.54, 1.807) is 13.3 Å². The van der Waals surface area contributed by atoms with Gasteiger partial charge in [-0.2, -0.15) is 5.10 Å². The molecule has 2 aromatic rings. The summed E-state index contributed by atoms with van der Waals surface area (Å²) in [6.45, 7) is 3.87. The molecule has 0 aliphatic rings. The predicted octanol–water partition coefficient (Wildman–Crippen LogP) is 3.60. The molecular formula is C18H19BrN2O3. The number of hydrogen-bond donors (Lipinski definition) is 1. The van der Waals surface area contributed by atoms with Crippen molar-refractivity contribution < 1.29 is 14.3 Å². The average molecular weight is 391 g/mol. The van der Waals surface area contributed by atoms with Crippen molar-refractivity contribution in [1.82, 2.24) is 5.43 Å². The Morgan fingerprint density at radius 2 is 2.04 bits per heavy atom. The van der Waals surface area contributed by atoms with Crippen LogP contribution in [0, 0.1) is 13.8 Å². The van der Waals surface area contributed by atoms with Crippen molar-refractivity contribution in [3.8, 4) is 11.5 Å². The number of hydrogen-bond acceptors (Lipinski definition) is 4. The number of methoxy groups -OCH3 is 1. The molecule has 0 unspecified atom stereocenters. The van der Waals surface area contributed by atoms with Crippen molar-refractivity contribution in [3.63, 3.8) is 0 Å². The molecule has 0 fully saturated rings. The van der Waals surface area contributed by atoms with Crippen LogP contribution >= 0.6 is 15.9 Å². The molecule has 0 heterocycles. The van der Waals surface area contributed by atoms with Crippen molar-refractivity contribution in [2.45, 2.75) is 13.8 Å². The number of hydrazone groups is 1. The first kappa shape index (κ1) is 18.0. The minimum Gasteiger partial charge on any atom is -0.496 e. The number of benzene rings is 2. The summed E-state index contributed by atoms with van der Waals surface area (Å²) in [6, 6.07) is 11.2. The summed E-state index contributed by atoms with van der Waals surface area (Å²) in [4.78, 5) is 11.8. The molecule has 5 nitrogen and oxygen atoms in total. The minimum absolute atomic E-state index is 0.0893. The van der Waals surface area contributed by atoms with Gasteiger partial charge >= 0.3 is 0 Å². The lowest BCUT2D eigenvalue weighted by Crippen LogP contribution is -2.24. The monoisotopic (exact) mass is 390 g/mol. The standard InChI is InChI=1S/C18H19BrN2O3/c1-12-5-4-6-16(13(12)2)24-11-18(22)21-20-10-14-7-8-17(23-3)15(19)9-14/h4-10H,11H2,1-3H3,(H,21,22)/b20-10+. The first-order valence-corrected chi connectivity index (χ1v) is 8.15. The molecule has 0 aliphatic heterocycles. The second-order valence-corrected chi connectivity index (χ2v) is 6.03. The summed E-state index contributed by atoms with van der Waals surface area (Å²) < 4.78 is 11.5. The number of nitrogens with zero attached hydrogens (tertiary/aromatic N) is 1. The van der Waals surface area contributed by atoms with Gasteiger partial charge in [-0.3, -0.25) is 4.79 Å². The number of rotatable bonds is 6. The fraction of sp³-hybridized carbons (Fsp3) is 0.222. The number of carbonyl (C=O) groups excluding carboxylic acids is 1. The van der Waals surface area contributed by atoms with E-state index in [1.807, 2.05) is 50.2 Å². The number of halogens is 1. The van der Waals surface area contributed by atoms with E-state index >= 15 is 0 Å². The SMILES string of the molecule is COc1ccc(/C=N/NC(=O)COc2cccc(C)c2C)cc1Br. The van der Waals surface area contributed by atoms with Crippen LogP contribution in [0.2, 0.25) is 0 Å². The average Bonchev–Trinajstić information content (AvgIpc) is 2.56. The highest BCUT2D eigenvalue weighted by molar-refractivity contribution is 9.10. The molecule has 24 heavy (non-hydrogen) atoms. The maximum atomic E-state index is 11.8. The number of nitrogens with one attached hydrogen (secondary N) is 1. The maximum absolute atomic E-state index is 11.8. The molecule has 2 rings (SSSR count). The van der Waals surface area contributed by atoms with Gasteiger partial charge in [0.15, 0.2) is 6.61 Å². The van der Waals surface area contributed by atoms with Crippen molar-refractivity contribution in [1.29, 1.82) is 0 Å². The van der Waals surface area contributed by atoms with Crippen LogP contribution in [0.25, 0.3) is 0 Å². The predicted molar refractivity (Wildman–Crippen MR) is 97.8 cm³/mol. The van der Waals surface area contributed by atoms with Gasteiger partial charge in [-0.25, -0.2) is 5.43 Å². The van der Waals surface area contributed by atoms with E-state index in [9.17, 15) is 4.79 Å². The zero-order valence-electron chi connectivity index (χ0n) is 13.8. The third kappa shape index (κ3) is 4.83. The normalized spacial score (nSPS) is 10.7. The fourth-order valence-corrected chi connectivity index (χ4v) is 2.56. The van der Waals surface area contributed by atoms with Gasteiger partial charge < -0.3 is 9.47 Å². The lowest BCUT2D eigenvalue weighted by atomic mass is 10.1. The molecule has 2 aromatic carbocycles. The Bertz CT molecular complexity index is 760. The van der Waals surface area contributed by atoms with E-state index in [2.05, 4.69) is 26.5 Å². The Labute approximate surface area is 149 Å². The molecule has 0 saturated heterocycles. The Hall–Kier alpha value is -2.34. The summed E-state index contributed by atoms with van der Waals surface area (Å²) in [5.74, 6) is 1.12. The maximum Gasteiger partial charge on any atom is 0.277 e. The van der Waals surface area contributed by atoms with Crippen LogP contribution in [0.1, 0.15) is 16.7 Å². The third-order valence-corrected chi connectivity index (χ3v) is 4.11. The fourth-order valence-electron chi connectivity index (χ4n) is 2.00. The van der Waals surface area contributed by atoms with Crippen LogP contribution in [0.5, 0.6) is 11.5 Å². The molecule has 0 radical (unpaired) electrons. The molecule has 1 N–H and O–H groups in total. The number of amides is 1. The lowest BCUT2D eigenvalue weighted by Gasteiger charge is -2.09. The van der Waals surface area contributed by atoms with Crippen LogP contribution in [0.3, 0.4) is 0 Å². The Balaban J connectivity index is 1.86. The highest BCUT2D eigenvalue weighted by Crippen LogP contribution is 2.24. The van der Waals surface area contributed by atoms with E-state index < -0.39 is 0 Å². The van der Waals surface area contributed by atoms with E-state index in [-0.39, 0.29) is 12.5 Å². The first-order valence-electron chi connectivity index (χ1n) is 7.35. The van der Waals surface area contributed by atoms with Crippen molar-refractivity contribution in [3.05, 3.63) is 57.6 Å². The quantitative estimate of drug-likeness (QED) is 0.605. The Morgan fingerprint density at radius 1 is 1.25 bits per heavy atom. The smallest absolute Gasteiger partial charge is 0.277 e. The minimum atomic E-state index is -0.320. The van der Waals surface area contributed by atoms with Crippen LogP contribution in [0.4, 0.5) is 0 Å². The van der Waals surface area contributed by atoms with Gasteiger partial charge in [0.2, 0.25) is 0 Å². The molecule has 1 amide bonds. The van der Waals surface area contributed by atoms with Gasteiger partial charge in [0, 0.05) is 0 Å². The van der Waals surface area contributed by atoms with Crippen LogP contribution in [-0.2, 0) is 4.79 Å². The first-order chi connectivity index (χ1) is 11.5. The van der Waals surface area contributed by atoms with Gasteiger partial charge in [0.25, 0.3) is 5.91 Å². The van der Waals surface area contributed by atoms with Gasteiger partial charge in [0.05, 0.1) is 17.8 Å². The highest BCUT2D eigenvalue weighted by Gasteiger charge is 2.05. The van der Waals surface area contributed by atoms with Crippen LogP contribution in [-0.4, -0.2) is 25.8 Å². The second kappa shape index (κ2) is 8.49. The molecule has 6 heteroatoms. The van der Waals surface area contributed by atoms with E-state index in [0.29, 0.717) is 5.75 Å². The largest absolute Gasteiger partial charge is 0.496 e. The van der Waals surface area contributed by atoms with E-state index in [4.69, 9.17) is 9.47 Å². The zero-order valence-corrected chi connectivity index (χ0v) is 15.4. The summed E-state index contributed by atoms with van der Waals surface area (Å²) >= 11 is 3.40. The van der Waals surface area contributed by atoms with Gasteiger partial charge in [-0.05, 0) is 70.7 Å². The molecule has 0 aliphatic carbocycles. The van der Waals surface area contributed by atoms with Gasteiger partial charge in [-0.1, -0.05) is 12.1 Å². The van der Waals surface area contributed by atoms with Crippen molar-refractivity contribution in [2.24, 2.45) is 5.10 Å². The molecule has 0 bridgehead atoms. The third-order valence-electron chi connectivity index (χ3n) is 3.49. The number of aryl methyl sites for hydroxylation is 1. The lowest BCUT2D eigenvalue weighted by molar-refractivity contribution is -0.123. The molecule has 0 saturated carbocycles. The summed E-state index contributed by atoms with van der Waals surface area (Å²) in [5.41, 5.74) is 5.42. The molecule has 126 valence electrons. The highest BCUT2D eigenvalue weighted by atomic mass is 79.9. The second-order valence-electron chi connectivity index (χ2n) is 5.17. The van der Waals surface area contributed by atoms with Gasteiger partial charge in [0.1, 0.15) is 11.5 Å². The summed E-state index contributed by atoms with van der Waals surface area (Å²) in [7, 11) is 1.60.